The minimum absolute atomic E-state index is 0.857. The van der Waals surface area contributed by atoms with Gasteiger partial charge in [-0.05, 0) is 6.92 Å². The maximum atomic E-state index is 13.6. The lowest BCUT2D eigenvalue weighted by molar-refractivity contribution is -0.394. The molecule has 47 atom stereocenters. The van der Waals surface area contributed by atoms with Gasteiger partial charge in [-0.2, -0.15) is 0 Å². The Kier molecular flexibility index (Phi) is 35.8. The second kappa shape index (κ2) is 43.2. The van der Waals surface area contributed by atoms with E-state index < -0.39 is 389 Å². The monoisotopic (exact) mass is 1800 g/mol. The van der Waals surface area contributed by atoms with Crippen LogP contribution in [0.25, 0.3) is 0 Å². The summed E-state index contributed by atoms with van der Waals surface area (Å²) in [5.74, 6) is -14.6. The molecule has 123 heavy (non-hydrogen) atoms. The number of carbonyl (C=O) groups excluding carboxylic acids is 4. The topological polar surface area (TPSA) is 874 Å². The van der Waals surface area contributed by atoms with Gasteiger partial charge in [0.2, 0.25) is 23.6 Å². The van der Waals surface area contributed by atoms with Crippen LogP contribution < -0.4 is 21.3 Å². The molecule has 55 nitrogen and oxygen atoms in total. The number of aliphatic hydroxyl groups is 26. The molecule has 0 aromatic rings. The average molecular weight is 1800 g/mol. The lowest BCUT2D eigenvalue weighted by atomic mass is 9.88. The van der Waals surface area contributed by atoms with Gasteiger partial charge in [0, 0.05) is 40.5 Å². The van der Waals surface area contributed by atoms with Gasteiger partial charge in [-0.15, -0.1) is 0 Å². The molecule has 0 spiro atoms. The number of carbonyl (C=O) groups is 6. The van der Waals surface area contributed by atoms with Crippen LogP contribution >= 0.6 is 0 Å². The van der Waals surface area contributed by atoms with E-state index in [2.05, 4.69) is 21.3 Å². The minimum Gasteiger partial charge on any atom is -0.477 e. The van der Waals surface area contributed by atoms with Gasteiger partial charge in [0.25, 0.3) is 11.6 Å². The Bertz CT molecular complexity index is 3430. The predicted molar refractivity (Wildman–Crippen MR) is 376 cm³/mol. The van der Waals surface area contributed by atoms with E-state index in [0.29, 0.717) is 0 Å². The van der Waals surface area contributed by atoms with Gasteiger partial charge in [0.15, 0.2) is 44.0 Å². The van der Waals surface area contributed by atoms with Gasteiger partial charge in [0.1, 0.15) is 201 Å². The van der Waals surface area contributed by atoms with Gasteiger partial charge in [-0.3, -0.25) is 19.2 Å². The van der Waals surface area contributed by atoms with Crippen LogP contribution in [0.15, 0.2) is 0 Å². The SMILES string of the molecule is CC(=O)N[C@H]1[C@H](OC[C@H]2O[C@@H](O[C@H]3[C@H](O)[C@@H](O)C(O)O[C@@H]3CO)[C@H](O)[C@@H](O[C@@H]3O[C@H](CO)[C@@H](O)[C@H](O[C@@H]4O[C@H](CO[C@]5(C(=O)O)C[C@H](O)[C@@H](NC(C)=O)[C@H]([C@H](O)[C@H](O)CO)O5)[C@H](O)[C@H](O)[C@H]4O)[C@H]3NC(C)=O)[C@H]2O)O[C@H](CO)[C@@H](O[C@@H]2O[C@H](CO)[C@H](O)[C@H](O[C@]3(C(=O)O)C[C@H](O)[C@@H](NC(C)=O)[C@H]([C@H](O)[C@H](O)CO)O3)[C@H]2O)[C@@H]1O[C@@H]1O[C@@H](C)[C@@H](O)[C@@H](O)[C@@H]1O. The first-order valence-corrected chi connectivity index (χ1v) is 38.7. The Hall–Kier alpha value is -4.90. The number of carboxylic acids is 2. The number of aliphatic carboxylic acids is 2. The summed E-state index contributed by atoms with van der Waals surface area (Å²) in [6, 6.07) is -7.68. The quantitative estimate of drug-likeness (QED) is 0.0284. The summed E-state index contributed by atoms with van der Waals surface area (Å²) in [6.07, 6.45) is -93.7. The molecule has 55 heteroatoms. The zero-order valence-electron chi connectivity index (χ0n) is 66.0. The van der Waals surface area contributed by atoms with Crippen LogP contribution in [0.2, 0.25) is 0 Å². The van der Waals surface area contributed by atoms with E-state index in [4.69, 9.17) is 80.5 Å². The molecule has 0 bridgehead atoms. The fourth-order valence-corrected chi connectivity index (χ4v) is 15.7. The molecule has 1 unspecified atom stereocenters. The number of rotatable bonds is 34. The summed E-state index contributed by atoms with van der Waals surface area (Å²) in [4.78, 5) is 77.9. The number of amides is 4. The van der Waals surface area contributed by atoms with Gasteiger partial charge in [0.05, 0.1) is 83.3 Å². The fourth-order valence-electron chi connectivity index (χ4n) is 15.7. The van der Waals surface area contributed by atoms with Crippen LogP contribution in [0.3, 0.4) is 0 Å². The average Bonchev–Trinajstić information content (AvgIpc) is 0.757. The van der Waals surface area contributed by atoms with Crippen molar-refractivity contribution in [2.75, 3.05) is 52.9 Å². The van der Waals surface area contributed by atoms with Crippen molar-refractivity contribution in [1.82, 2.24) is 21.3 Å². The zero-order chi connectivity index (χ0) is 91.4. The van der Waals surface area contributed by atoms with Crippen LogP contribution in [0.1, 0.15) is 47.5 Å². The maximum Gasteiger partial charge on any atom is 0.364 e. The highest BCUT2D eigenvalue weighted by atomic mass is 16.8. The molecular weight excluding hydrogens is 1690 g/mol. The molecule has 9 aliphatic heterocycles. The first-order chi connectivity index (χ1) is 57.8. The van der Waals surface area contributed by atoms with E-state index >= 15 is 0 Å². The first-order valence-electron chi connectivity index (χ1n) is 38.7. The lowest BCUT2D eigenvalue weighted by Gasteiger charge is -2.52. The zero-order valence-corrected chi connectivity index (χ0v) is 66.0. The standard InChI is InChI=1S/C68H112N4O51/c1-16-35(87)42(94)46(98)61(109-16)119-55-34(72-20(5)82)59(113-28(13-78)51(55)117-64-49(101)57(40(92)26(11-76)112-64)123-68(66(105)106)7-22(84)32(70-18(3)80)54(122-68)37(89)24(86)9-74)107-14-29-41(93)56(48(100)63(114-29)116-50-27(12-77)110-58(102)45(97)44(50)96)120-60-33(71-19(4)81)52(39(91)25(10-75)111-60)118-62-47(99)43(95)38(90)30(115-62)15-108-67(65(103)104)6-21(83)31(69-17(2)79)53(121-67)36(88)23(85)8-73/h16,21-64,73-78,83-102H,6-15H2,1-5H3,(H,69,79)(H,70,80)(H,71,81)(H,72,82)(H,103,104)(H,105,106)/t16-,21-,22-,23+,24+,25+,26+,27+,28+,29+,30+,31+,32+,33+,34+,35+,36+,37+,38-,39+,40-,41-,42+,43-,44+,45+,46-,47+,48+,49+,50+,51+,52+,53+,54+,55+,56-,57-,58?,59+,60-,61-,62-,63-,64-,67+,68-/m0/s1. The third kappa shape index (κ3) is 22.4. The van der Waals surface area contributed by atoms with Crippen LogP contribution in [-0.2, 0) is 109 Å². The Morgan fingerprint density at radius 1 is 0.358 bits per heavy atom. The molecule has 0 aliphatic carbocycles. The van der Waals surface area contributed by atoms with E-state index in [9.17, 15) is 172 Å². The third-order valence-electron chi connectivity index (χ3n) is 22.3. The van der Waals surface area contributed by atoms with Crippen LogP contribution in [0.4, 0.5) is 0 Å². The molecule has 32 N–H and O–H groups in total. The predicted octanol–water partition coefficient (Wildman–Crippen LogP) is -20.6. The van der Waals surface area contributed by atoms with Crippen molar-refractivity contribution >= 4 is 35.6 Å². The Balaban J connectivity index is 1.04. The summed E-state index contributed by atoms with van der Waals surface area (Å²) in [7, 11) is 0. The number of hydrogen-bond donors (Lipinski definition) is 32. The van der Waals surface area contributed by atoms with Crippen molar-refractivity contribution in [3.05, 3.63) is 0 Å². The van der Waals surface area contributed by atoms with E-state index in [1.54, 1.807) is 0 Å². The Morgan fingerprint density at radius 3 is 1.23 bits per heavy atom. The highest BCUT2D eigenvalue weighted by molar-refractivity contribution is 5.78. The smallest absolute Gasteiger partial charge is 0.364 e. The largest absolute Gasteiger partial charge is 0.477 e. The highest BCUT2D eigenvalue weighted by Gasteiger charge is 2.64. The molecule has 9 aliphatic rings. The van der Waals surface area contributed by atoms with E-state index in [1.165, 1.54) is 6.92 Å². The summed E-state index contributed by atoms with van der Waals surface area (Å²) in [5, 5.41) is 320. The van der Waals surface area contributed by atoms with Crippen molar-refractivity contribution < 1.29 is 252 Å². The third-order valence-corrected chi connectivity index (χ3v) is 22.3. The van der Waals surface area contributed by atoms with Crippen molar-refractivity contribution in [3.8, 4) is 0 Å². The van der Waals surface area contributed by atoms with E-state index in [1.807, 2.05) is 0 Å². The molecule has 710 valence electrons. The van der Waals surface area contributed by atoms with Crippen molar-refractivity contribution in [1.29, 1.82) is 0 Å². The Labute approximate surface area is 694 Å². The first kappa shape index (κ1) is 102. The number of ether oxygens (including phenoxy) is 17. The fraction of sp³-hybridized carbons (Fsp3) is 0.912. The van der Waals surface area contributed by atoms with Crippen LogP contribution in [-0.4, -0.2) is 519 Å². The molecular formula is C68H112N4O51. The number of nitrogens with one attached hydrogen (secondary N) is 4. The molecule has 0 radical (unpaired) electrons. The second-order valence-electron chi connectivity index (χ2n) is 31.0. The number of aliphatic hydroxyl groups excluding tert-OH is 26. The number of hydrogen-bond acceptors (Lipinski definition) is 49. The normalized spacial score (nSPS) is 46.6. The Morgan fingerprint density at radius 2 is 0.732 bits per heavy atom. The molecule has 4 amide bonds. The molecule has 0 saturated carbocycles. The van der Waals surface area contributed by atoms with Gasteiger partial charge in [-0.1, -0.05) is 0 Å². The minimum atomic E-state index is -3.36. The van der Waals surface area contributed by atoms with Crippen molar-refractivity contribution in [2.24, 2.45) is 0 Å². The number of carboxylic acid groups (broad SMARTS) is 2. The molecule has 9 rings (SSSR count). The summed E-state index contributed by atoms with van der Waals surface area (Å²) >= 11 is 0. The van der Waals surface area contributed by atoms with Crippen molar-refractivity contribution in [3.63, 3.8) is 0 Å². The maximum absolute atomic E-state index is 13.6. The molecule has 9 saturated heterocycles. The van der Waals surface area contributed by atoms with Crippen LogP contribution in [0.5, 0.6) is 0 Å². The lowest BCUT2D eigenvalue weighted by Crippen LogP contribution is -2.71. The van der Waals surface area contributed by atoms with Crippen molar-refractivity contribution in [2.45, 2.75) is 335 Å². The summed E-state index contributed by atoms with van der Waals surface area (Å²) < 4.78 is 101. The van der Waals surface area contributed by atoms with E-state index in [-0.39, 0.29) is 0 Å². The molecule has 9 fully saturated rings. The summed E-state index contributed by atoms with van der Waals surface area (Å²) in [5.41, 5.74) is 0. The van der Waals surface area contributed by atoms with Gasteiger partial charge >= 0.3 is 11.9 Å². The molecule has 0 aromatic heterocycles. The molecule has 9 heterocycles. The van der Waals surface area contributed by atoms with E-state index in [0.717, 1.165) is 27.7 Å². The van der Waals surface area contributed by atoms with Gasteiger partial charge < -0.3 is 245 Å². The summed E-state index contributed by atoms with van der Waals surface area (Å²) in [6.45, 7) is -5.09. The molecule has 0 aromatic carbocycles. The second-order valence-corrected chi connectivity index (χ2v) is 31.0. The van der Waals surface area contributed by atoms with Crippen LogP contribution in [0, 0.1) is 0 Å². The highest BCUT2D eigenvalue weighted by Crippen LogP contribution is 2.43. The van der Waals surface area contributed by atoms with Gasteiger partial charge in [-0.25, -0.2) is 9.59 Å².